The number of amides is 1. The fourth-order valence-electron chi connectivity index (χ4n) is 1.44. The van der Waals surface area contributed by atoms with Crippen LogP contribution in [0, 0.1) is 0 Å². The van der Waals surface area contributed by atoms with E-state index in [0.29, 0.717) is 24.9 Å². The summed E-state index contributed by atoms with van der Waals surface area (Å²) < 4.78 is 11.9. The largest absolute Gasteiger partial charge is 0.354 e. The highest BCUT2D eigenvalue weighted by atomic mass is 32.2. The minimum atomic E-state index is -1.05. The number of nitrogens with one attached hydrogen (secondary N) is 1. The second kappa shape index (κ2) is 8.07. The Balaban J connectivity index is 2.27. The average molecular weight is 282 g/mol. The standard InChI is InChI=1S/C14H22N2O2S/c1-12(2)16(3)11-14(17)15-9-10-19(18)13-7-5-4-6-8-13/h4-8,12H,9-11H2,1-3H3,(H,15,17). The predicted octanol–water partition coefficient (Wildman–Crippen LogP) is 1.25. The minimum Gasteiger partial charge on any atom is -0.354 e. The SMILES string of the molecule is CC(C)N(C)CC(=O)NCCS(=O)c1ccccc1. The van der Waals surface area contributed by atoms with Gasteiger partial charge in [-0.15, -0.1) is 0 Å². The van der Waals surface area contributed by atoms with Gasteiger partial charge in [-0.05, 0) is 33.0 Å². The van der Waals surface area contributed by atoms with E-state index >= 15 is 0 Å². The quantitative estimate of drug-likeness (QED) is 0.819. The van der Waals surface area contributed by atoms with E-state index in [1.165, 1.54) is 0 Å². The summed E-state index contributed by atoms with van der Waals surface area (Å²) in [5.41, 5.74) is 0. The van der Waals surface area contributed by atoms with Crippen LogP contribution in [0.1, 0.15) is 13.8 Å². The third-order valence-corrected chi connectivity index (χ3v) is 4.26. The van der Waals surface area contributed by atoms with E-state index in [0.717, 1.165) is 4.90 Å². The molecule has 1 N–H and O–H groups in total. The molecule has 1 aromatic carbocycles. The summed E-state index contributed by atoms with van der Waals surface area (Å²) in [5, 5.41) is 2.80. The molecule has 1 amide bonds. The van der Waals surface area contributed by atoms with E-state index in [1.807, 2.05) is 56.1 Å². The third kappa shape index (κ3) is 5.98. The smallest absolute Gasteiger partial charge is 0.234 e. The van der Waals surface area contributed by atoms with Crippen molar-refractivity contribution in [2.24, 2.45) is 0 Å². The van der Waals surface area contributed by atoms with Crippen LogP contribution in [-0.4, -0.2) is 46.9 Å². The summed E-state index contributed by atoms with van der Waals surface area (Å²) in [6, 6.07) is 9.63. The second-order valence-corrected chi connectivity index (χ2v) is 6.29. The summed E-state index contributed by atoms with van der Waals surface area (Å²) in [7, 11) is 0.859. The van der Waals surface area contributed by atoms with Crippen molar-refractivity contribution >= 4 is 16.7 Å². The number of carbonyl (C=O) groups is 1. The first kappa shape index (κ1) is 15.9. The van der Waals surface area contributed by atoms with Gasteiger partial charge in [0.1, 0.15) is 0 Å². The molecule has 1 unspecified atom stereocenters. The van der Waals surface area contributed by atoms with Crippen molar-refractivity contribution in [3.05, 3.63) is 30.3 Å². The van der Waals surface area contributed by atoms with Crippen LogP contribution in [0.5, 0.6) is 0 Å². The third-order valence-electron chi connectivity index (χ3n) is 2.89. The molecule has 1 aromatic rings. The molecule has 5 heteroatoms. The Labute approximate surface area is 117 Å². The molecule has 0 bridgehead atoms. The summed E-state index contributed by atoms with van der Waals surface area (Å²) in [5.74, 6) is 0.419. The fourth-order valence-corrected chi connectivity index (χ4v) is 2.42. The molecule has 0 spiro atoms. The topological polar surface area (TPSA) is 49.4 Å². The van der Waals surface area contributed by atoms with E-state index in [2.05, 4.69) is 5.32 Å². The Kier molecular flexibility index (Phi) is 6.73. The van der Waals surface area contributed by atoms with Gasteiger partial charge in [0.25, 0.3) is 0 Å². The highest BCUT2D eigenvalue weighted by molar-refractivity contribution is 7.85. The van der Waals surface area contributed by atoms with Crippen molar-refractivity contribution in [1.82, 2.24) is 10.2 Å². The summed E-state index contributed by atoms with van der Waals surface area (Å²) in [6.45, 7) is 4.89. The van der Waals surface area contributed by atoms with Crippen LogP contribution in [0.15, 0.2) is 35.2 Å². The van der Waals surface area contributed by atoms with Crippen molar-refractivity contribution in [1.29, 1.82) is 0 Å². The monoisotopic (exact) mass is 282 g/mol. The normalized spacial score (nSPS) is 12.7. The highest BCUT2D eigenvalue weighted by Crippen LogP contribution is 2.04. The van der Waals surface area contributed by atoms with Gasteiger partial charge in [-0.25, -0.2) is 0 Å². The van der Waals surface area contributed by atoms with E-state index < -0.39 is 10.8 Å². The Morgan fingerprint density at radius 3 is 2.53 bits per heavy atom. The van der Waals surface area contributed by atoms with Crippen LogP contribution < -0.4 is 5.32 Å². The minimum absolute atomic E-state index is 0.0266. The van der Waals surface area contributed by atoms with Gasteiger partial charge in [0.2, 0.25) is 5.91 Å². The molecule has 0 radical (unpaired) electrons. The van der Waals surface area contributed by atoms with Gasteiger partial charge in [0.15, 0.2) is 0 Å². The zero-order valence-electron chi connectivity index (χ0n) is 11.8. The Morgan fingerprint density at radius 2 is 1.95 bits per heavy atom. The van der Waals surface area contributed by atoms with Gasteiger partial charge in [0.05, 0.1) is 17.3 Å². The van der Waals surface area contributed by atoms with Crippen LogP contribution in [-0.2, 0) is 15.6 Å². The predicted molar refractivity (Wildman–Crippen MR) is 78.5 cm³/mol. The average Bonchev–Trinajstić information content (AvgIpc) is 2.39. The van der Waals surface area contributed by atoms with Gasteiger partial charge in [-0.2, -0.15) is 0 Å². The first-order valence-corrected chi connectivity index (χ1v) is 7.73. The lowest BCUT2D eigenvalue weighted by atomic mass is 10.3. The molecule has 19 heavy (non-hydrogen) atoms. The van der Waals surface area contributed by atoms with E-state index in [1.54, 1.807) is 0 Å². The van der Waals surface area contributed by atoms with Crippen molar-refractivity contribution in [3.8, 4) is 0 Å². The summed E-state index contributed by atoms with van der Waals surface area (Å²) >= 11 is 0. The van der Waals surface area contributed by atoms with Crippen molar-refractivity contribution < 1.29 is 9.00 Å². The number of nitrogens with zero attached hydrogens (tertiary/aromatic N) is 1. The van der Waals surface area contributed by atoms with Crippen LogP contribution in [0.4, 0.5) is 0 Å². The van der Waals surface area contributed by atoms with Crippen molar-refractivity contribution in [3.63, 3.8) is 0 Å². The number of hydrogen-bond donors (Lipinski definition) is 1. The summed E-state index contributed by atoms with van der Waals surface area (Å²) in [6.07, 6.45) is 0. The van der Waals surface area contributed by atoms with Crippen molar-refractivity contribution in [2.45, 2.75) is 24.8 Å². The number of likely N-dealkylation sites (N-methyl/N-ethyl adjacent to an activating group) is 1. The van der Waals surface area contributed by atoms with E-state index in [9.17, 15) is 9.00 Å². The molecule has 106 valence electrons. The first-order valence-electron chi connectivity index (χ1n) is 6.41. The zero-order chi connectivity index (χ0) is 14.3. The molecule has 1 rings (SSSR count). The van der Waals surface area contributed by atoms with Gasteiger partial charge in [-0.3, -0.25) is 13.9 Å². The lowest BCUT2D eigenvalue weighted by molar-refractivity contribution is -0.122. The van der Waals surface area contributed by atoms with E-state index in [-0.39, 0.29) is 5.91 Å². The Hall–Kier alpha value is -1.20. The van der Waals surface area contributed by atoms with Gasteiger partial charge < -0.3 is 5.32 Å². The van der Waals surface area contributed by atoms with Crippen LogP contribution in [0.25, 0.3) is 0 Å². The molecule has 0 saturated heterocycles. The Morgan fingerprint density at radius 1 is 1.32 bits per heavy atom. The van der Waals surface area contributed by atoms with Crippen LogP contribution in [0.2, 0.25) is 0 Å². The number of hydrogen-bond acceptors (Lipinski definition) is 3. The number of rotatable bonds is 7. The molecular weight excluding hydrogens is 260 g/mol. The van der Waals surface area contributed by atoms with Gasteiger partial charge in [-0.1, -0.05) is 18.2 Å². The van der Waals surface area contributed by atoms with Crippen molar-refractivity contribution in [2.75, 3.05) is 25.9 Å². The lowest BCUT2D eigenvalue weighted by Crippen LogP contribution is -2.39. The molecule has 0 aliphatic carbocycles. The molecule has 0 fully saturated rings. The molecule has 0 aromatic heterocycles. The molecule has 0 saturated carbocycles. The van der Waals surface area contributed by atoms with Gasteiger partial charge in [0, 0.05) is 23.2 Å². The molecule has 0 aliphatic rings. The van der Waals surface area contributed by atoms with Crippen LogP contribution in [0.3, 0.4) is 0 Å². The molecule has 0 aliphatic heterocycles. The molecule has 4 nitrogen and oxygen atoms in total. The second-order valence-electron chi connectivity index (χ2n) is 4.72. The first-order chi connectivity index (χ1) is 9.00. The summed E-state index contributed by atoms with van der Waals surface area (Å²) in [4.78, 5) is 14.4. The molecule has 1 atom stereocenters. The maximum absolute atomic E-state index is 11.9. The lowest BCUT2D eigenvalue weighted by Gasteiger charge is -2.20. The number of carbonyl (C=O) groups excluding carboxylic acids is 1. The number of benzene rings is 1. The zero-order valence-corrected chi connectivity index (χ0v) is 12.6. The maximum Gasteiger partial charge on any atom is 0.234 e. The van der Waals surface area contributed by atoms with Gasteiger partial charge >= 0.3 is 0 Å². The highest BCUT2D eigenvalue weighted by Gasteiger charge is 2.09. The van der Waals surface area contributed by atoms with E-state index in [4.69, 9.17) is 0 Å². The fraction of sp³-hybridized carbons (Fsp3) is 0.500. The van der Waals surface area contributed by atoms with Crippen LogP contribution >= 0.6 is 0 Å². The Bertz CT molecular complexity index is 421. The maximum atomic E-state index is 11.9. The molecular formula is C14H22N2O2S. The molecule has 0 heterocycles.